The van der Waals surface area contributed by atoms with Crippen LogP contribution < -0.4 is 15.2 Å². The van der Waals surface area contributed by atoms with Crippen LogP contribution in [0.1, 0.15) is 31.2 Å². The maximum Gasteiger partial charge on any atom is 0.351 e. The first-order chi connectivity index (χ1) is 14.3. The standard InChI is InChI=1S/C22H26N2O5/c25-22-23-21(29-14-18-4-2-10-27-18)12-20-19-6-5-16(11-15(19)7-8-24(20)22)28-13-17-3-1-9-26-17/h5-6,11-12,17-18H,1-4,7-10,13-14H2. The topological polar surface area (TPSA) is 71.8 Å². The van der Waals surface area contributed by atoms with E-state index in [0.29, 0.717) is 25.6 Å². The molecule has 2 fully saturated rings. The Labute approximate surface area is 169 Å². The molecule has 0 aliphatic carbocycles. The van der Waals surface area contributed by atoms with Gasteiger partial charge < -0.3 is 18.9 Å². The van der Waals surface area contributed by atoms with Crippen LogP contribution in [-0.4, -0.2) is 48.2 Å². The van der Waals surface area contributed by atoms with Crippen molar-refractivity contribution in [3.8, 4) is 22.9 Å². The fourth-order valence-electron chi connectivity index (χ4n) is 4.27. The van der Waals surface area contributed by atoms with Crippen molar-refractivity contribution in [2.24, 2.45) is 0 Å². The highest BCUT2D eigenvalue weighted by molar-refractivity contribution is 5.67. The Morgan fingerprint density at radius 2 is 1.79 bits per heavy atom. The van der Waals surface area contributed by atoms with E-state index >= 15 is 0 Å². The Balaban J connectivity index is 1.34. The van der Waals surface area contributed by atoms with Gasteiger partial charge in [-0.2, -0.15) is 4.98 Å². The van der Waals surface area contributed by atoms with Gasteiger partial charge in [-0.15, -0.1) is 0 Å². The van der Waals surface area contributed by atoms with Crippen molar-refractivity contribution in [3.05, 3.63) is 40.3 Å². The Morgan fingerprint density at radius 1 is 1.03 bits per heavy atom. The van der Waals surface area contributed by atoms with Crippen molar-refractivity contribution in [2.45, 2.75) is 50.9 Å². The number of nitrogens with zero attached hydrogens (tertiary/aromatic N) is 2. The lowest BCUT2D eigenvalue weighted by molar-refractivity contribution is 0.0661. The molecule has 0 bridgehead atoms. The monoisotopic (exact) mass is 398 g/mol. The van der Waals surface area contributed by atoms with Crippen LogP contribution in [0.3, 0.4) is 0 Å². The van der Waals surface area contributed by atoms with E-state index in [0.717, 1.165) is 62.3 Å². The van der Waals surface area contributed by atoms with E-state index in [1.165, 1.54) is 5.56 Å². The summed E-state index contributed by atoms with van der Waals surface area (Å²) in [7, 11) is 0. The molecule has 5 rings (SSSR count). The highest BCUT2D eigenvalue weighted by atomic mass is 16.5. The molecule has 0 saturated carbocycles. The fraction of sp³-hybridized carbons (Fsp3) is 0.545. The summed E-state index contributed by atoms with van der Waals surface area (Å²) in [4.78, 5) is 16.6. The molecule has 3 aliphatic rings. The quantitative estimate of drug-likeness (QED) is 0.745. The van der Waals surface area contributed by atoms with E-state index in [1.54, 1.807) is 4.57 Å². The summed E-state index contributed by atoms with van der Waals surface area (Å²) in [5.74, 6) is 1.21. The van der Waals surface area contributed by atoms with E-state index < -0.39 is 0 Å². The number of rotatable bonds is 6. The molecule has 2 saturated heterocycles. The lowest BCUT2D eigenvalue weighted by Crippen LogP contribution is -2.29. The molecule has 0 N–H and O–H groups in total. The number of aromatic nitrogens is 2. The van der Waals surface area contributed by atoms with Crippen LogP contribution in [0.2, 0.25) is 0 Å². The average Bonchev–Trinajstić information content (AvgIpc) is 3.44. The van der Waals surface area contributed by atoms with E-state index in [-0.39, 0.29) is 17.9 Å². The molecule has 1 aromatic heterocycles. The highest BCUT2D eigenvalue weighted by Crippen LogP contribution is 2.32. The van der Waals surface area contributed by atoms with Crippen molar-refractivity contribution in [2.75, 3.05) is 26.4 Å². The molecule has 7 heteroatoms. The molecule has 154 valence electrons. The molecule has 3 aliphatic heterocycles. The van der Waals surface area contributed by atoms with E-state index in [4.69, 9.17) is 18.9 Å². The van der Waals surface area contributed by atoms with Gasteiger partial charge in [-0.05, 0) is 55.9 Å². The molecule has 2 aromatic rings. The number of hydrogen-bond donors (Lipinski definition) is 0. The summed E-state index contributed by atoms with van der Waals surface area (Å²) in [5.41, 5.74) is 2.78. The van der Waals surface area contributed by atoms with Gasteiger partial charge in [0.05, 0.1) is 17.9 Å². The van der Waals surface area contributed by atoms with Gasteiger partial charge in [0.15, 0.2) is 0 Å². The number of aryl methyl sites for hydroxylation is 1. The van der Waals surface area contributed by atoms with Gasteiger partial charge in [0.1, 0.15) is 19.0 Å². The smallest absolute Gasteiger partial charge is 0.351 e. The molecule has 7 nitrogen and oxygen atoms in total. The highest BCUT2D eigenvalue weighted by Gasteiger charge is 2.22. The van der Waals surface area contributed by atoms with Gasteiger partial charge >= 0.3 is 5.69 Å². The summed E-state index contributed by atoms with van der Waals surface area (Å²) in [6.07, 6.45) is 5.27. The lowest BCUT2D eigenvalue weighted by atomic mass is 9.97. The van der Waals surface area contributed by atoms with Crippen molar-refractivity contribution >= 4 is 0 Å². The molecule has 0 radical (unpaired) electrons. The zero-order chi connectivity index (χ0) is 19.6. The van der Waals surface area contributed by atoms with Gasteiger partial charge in [0, 0.05) is 31.4 Å². The van der Waals surface area contributed by atoms with Gasteiger partial charge in [-0.3, -0.25) is 4.57 Å². The molecule has 0 spiro atoms. The number of benzene rings is 1. The molecule has 1 aromatic carbocycles. The third-order valence-electron chi connectivity index (χ3n) is 5.85. The van der Waals surface area contributed by atoms with Crippen LogP contribution >= 0.6 is 0 Å². The second-order valence-corrected chi connectivity index (χ2v) is 7.87. The first-order valence-corrected chi connectivity index (χ1v) is 10.5. The van der Waals surface area contributed by atoms with Gasteiger partial charge in [-0.25, -0.2) is 4.79 Å². The van der Waals surface area contributed by atoms with E-state index in [2.05, 4.69) is 11.1 Å². The molecular formula is C22H26N2O5. The molecular weight excluding hydrogens is 372 g/mol. The molecule has 2 unspecified atom stereocenters. The Kier molecular flexibility index (Phi) is 5.24. The molecule has 4 heterocycles. The molecule has 0 amide bonds. The number of ether oxygens (including phenoxy) is 4. The first kappa shape index (κ1) is 18.6. The zero-order valence-electron chi connectivity index (χ0n) is 16.5. The van der Waals surface area contributed by atoms with Crippen molar-refractivity contribution in [1.29, 1.82) is 0 Å². The van der Waals surface area contributed by atoms with E-state index in [9.17, 15) is 4.79 Å². The van der Waals surface area contributed by atoms with Crippen LogP contribution in [0, 0.1) is 0 Å². The zero-order valence-corrected chi connectivity index (χ0v) is 16.5. The fourth-order valence-corrected chi connectivity index (χ4v) is 4.27. The third kappa shape index (κ3) is 4.02. The maximum absolute atomic E-state index is 12.5. The summed E-state index contributed by atoms with van der Waals surface area (Å²) in [6, 6.07) is 7.92. The van der Waals surface area contributed by atoms with Gasteiger partial charge in [0.2, 0.25) is 5.88 Å². The minimum Gasteiger partial charge on any atom is -0.491 e. The summed E-state index contributed by atoms with van der Waals surface area (Å²) >= 11 is 0. The summed E-state index contributed by atoms with van der Waals surface area (Å²) in [6.45, 7) is 3.22. The van der Waals surface area contributed by atoms with Gasteiger partial charge in [-0.1, -0.05) is 0 Å². The third-order valence-corrected chi connectivity index (χ3v) is 5.85. The lowest BCUT2D eigenvalue weighted by Gasteiger charge is -2.23. The van der Waals surface area contributed by atoms with Crippen LogP contribution in [0.25, 0.3) is 11.3 Å². The minimum atomic E-state index is -0.269. The summed E-state index contributed by atoms with van der Waals surface area (Å²) < 4.78 is 24.7. The second-order valence-electron chi connectivity index (χ2n) is 7.87. The average molecular weight is 398 g/mol. The predicted octanol–water partition coefficient (Wildman–Crippen LogP) is 2.58. The Hall–Kier alpha value is -2.38. The van der Waals surface area contributed by atoms with Crippen LogP contribution in [0.4, 0.5) is 0 Å². The number of hydrogen-bond acceptors (Lipinski definition) is 6. The SMILES string of the molecule is O=c1nc(OCC2CCCO2)cc2n1CCc1cc(OCC3CCCO3)ccc1-2. The van der Waals surface area contributed by atoms with Crippen LogP contribution in [0.15, 0.2) is 29.1 Å². The predicted molar refractivity (Wildman–Crippen MR) is 107 cm³/mol. The van der Waals surface area contributed by atoms with Crippen molar-refractivity contribution in [1.82, 2.24) is 9.55 Å². The number of fused-ring (bicyclic) bond motifs is 3. The van der Waals surface area contributed by atoms with E-state index in [1.807, 2.05) is 18.2 Å². The Morgan fingerprint density at radius 3 is 2.52 bits per heavy atom. The van der Waals surface area contributed by atoms with Crippen molar-refractivity contribution in [3.63, 3.8) is 0 Å². The Bertz CT molecular complexity index is 929. The second kappa shape index (κ2) is 8.16. The van der Waals surface area contributed by atoms with Crippen LogP contribution in [0.5, 0.6) is 11.6 Å². The van der Waals surface area contributed by atoms with Crippen LogP contribution in [-0.2, 0) is 22.4 Å². The molecule has 2 atom stereocenters. The molecule has 29 heavy (non-hydrogen) atoms. The summed E-state index contributed by atoms with van der Waals surface area (Å²) in [5, 5.41) is 0. The maximum atomic E-state index is 12.5. The largest absolute Gasteiger partial charge is 0.491 e. The van der Waals surface area contributed by atoms with Crippen molar-refractivity contribution < 1.29 is 18.9 Å². The van der Waals surface area contributed by atoms with Gasteiger partial charge in [0.25, 0.3) is 0 Å². The minimum absolute atomic E-state index is 0.0893. The normalized spacial score (nSPS) is 22.9. The first-order valence-electron chi connectivity index (χ1n) is 10.5.